The number of rotatable bonds is 4. The Labute approximate surface area is 117 Å². The number of nitrogens with zero attached hydrogens (tertiary/aromatic N) is 1. The van der Waals surface area contributed by atoms with Gasteiger partial charge in [-0.2, -0.15) is 0 Å². The first kappa shape index (κ1) is 13.6. The number of hydrogen-bond acceptors (Lipinski definition) is 3. The van der Waals surface area contributed by atoms with E-state index in [1.807, 2.05) is 37.4 Å². The van der Waals surface area contributed by atoms with Crippen molar-refractivity contribution in [3.8, 4) is 5.75 Å². The Morgan fingerprint density at radius 1 is 1.37 bits per heavy atom. The maximum atomic E-state index is 12.4. The fourth-order valence-corrected chi connectivity index (χ4v) is 2.78. The van der Waals surface area contributed by atoms with Crippen molar-refractivity contribution >= 4 is 17.2 Å². The molecular weight excluding hydrogens is 258 g/mol. The number of thiophene rings is 1. The summed E-state index contributed by atoms with van der Waals surface area (Å²) >= 11 is 1.45. The third-order valence-electron chi connectivity index (χ3n) is 3.15. The smallest absolute Gasteiger partial charge is 0.264 e. The fourth-order valence-electron chi connectivity index (χ4n) is 2.10. The normalized spacial score (nSPS) is 12.1. The summed E-state index contributed by atoms with van der Waals surface area (Å²) < 4.78 is 0. The van der Waals surface area contributed by atoms with Crippen molar-refractivity contribution in [1.29, 1.82) is 0 Å². The number of benzene rings is 1. The molecule has 19 heavy (non-hydrogen) atoms. The van der Waals surface area contributed by atoms with Crippen molar-refractivity contribution in [1.82, 2.24) is 4.90 Å². The summed E-state index contributed by atoms with van der Waals surface area (Å²) in [4.78, 5) is 15.0. The van der Waals surface area contributed by atoms with Gasteiger partial charge in [0.05, 0.1) is 10.9 Å². The first-order chi connectivity index (χ1) is 9.13. The van der Waals surface area contributed by atoms with Crippen LogP contribution in [-0.4, -0.2) is 22.5 Å². The van der Waals surface area contributed by atoms with Gasteiger partial charge in [0, 0.05) is 6.54 Å². The molecule has 1 atom stereocenters. The molecule has 1 aromatic carbocycles. The summed E-state index contributed by atoms with van der Waals surface area (Å²) in [6.07, 6.45) is 0. The van der Waals surface area contributed by atoms with Crippen molar-refractivity contribution in [2.45, 2.75) is 19.9 Å². The molecule has 0 fully saturated rings. The highest BCUT2D eigenvalue weighted by Gasteiger charge is 2.21. The summed E-state index contributed by atoms with van der Waals surface area (Å²) in [5, 5.41) is 11.4. The van der Waals surface area contributed by atoms with Crippen LogP contribution in [0.3, 0.4) is 0 Å². The fraction of sp³-hybridized carbons (Fsp3) is 0.267. The maximum absolute atomic E-state index is 12.4. The Kier molecular flexibility index (Phi) is 4.22. The average Bonchev–Trinajstić information content (AvgIpc) is 2.93. The molecule has 1 aromatic heterocycles. The molecule has 0 radical (unpaired) electrons. The van der Waals surface area contributed by atoms with Crippen LogP contribution in [0.2, 0.25) is 0 Å². The maximum Gasteiger partial charge on any atom is 0.264 e. The average molecular weight is 275 g/mol. The lowest BCUT2D eigenvalue weighted by Crippen LogP contribution is -2.32. The molecule has 2 aromatic rings. The summed E-state index contributed by atoms with van der Waals surface area (Å²) in [7, 11) is 0. The lowest BCUT2D eigenvalue weighted by atomic mass is 10.1. The van der Waals surface area contributed by atoms with Crippen molar-refractivity contribution in [3.05, 3.63) is 52.2 Å². The standard InChI is InChI=1S/C15H17NO2S/c1-3-16(15(18)14-8-5-9-19-14)11(2)12-6-4-7-13(17)10-12/h4-11,17H,3H2,1-2H3. The Morgan fingerprint density at radius 3 is 2.74 bits per heavy atom. The number of carbonyl (C=O) groups is 1. The molecule has 1 unspecified atom stereocenters. The van der Waals surface area contributed by atoms with Crippen molar-refractivity contribution in [2.75, 3.05) is 6.54 Å². The summed E-state index contributed by atoms with van der Waals surface area (Å²) in [5.41, 5.74) is 0.937. The number of amides is 1. The molecule has 1 heterocycles. The van der Waals surface area contributed by atoms with Crippen LogP contribution in [0.5, 0.6) is 5.75 Å². The molecule has 1 N–H and O–H groups in total. The van der Waals surface area contributed by atoms with Gasteiger partial charge in [0.15, 0.2) is 0 Å². The van der Waals surface area contributed by atoms with E-state index in [0.717, 1.165) is 10.4 Å². The quantitative estimate of drug-likeness (QED) is 0.924. The van der Waals surface area contributed by atoms with Crippen LogP contribution in [0.1, 0.15) is 35.1 Å². The lowest BCUT2D eigenvalue weighted by Gasteiger charge is -2.28. The highest BCUT2D eigenvalue weighted by Crippen LogP contribution is 2.25. The van der Waals surface area contributed by atoms with Gasteiger partial charge >= 0.3 is 0 Å². The second-order valence-corrected chi connectivity index (χ2v) is 5.29. The zero-order valence-corrected chi connectivity index (χ0v) is 11.9. The van der Waals surface area contributed by atoms with E-state index in [9.17, 15) is 9.90 Å². The Hall–Kier alpha value is -1.81. The predicted octanol–water partition coefficient (Wildman–Crippen LogP) is 3.68. The molecule has 100 valence electrons. The number of aromatic hydroxyl groups is 1. The minimum Gasteiger partial charge on any atom is -0.508 e. The minimum atomic E-state index is -0.0632. The second-order valence-electron chi connectivity index (χ2n) is 4.34. The number of hydrogen-bond donors (Lipinski definition) is 1. The number of phenolic OH excluding ortho intramolecular Hbond substituents is 1. The third kappa shape index (κ3) is 2.96. The summed E-state index contributed by atoms with van der Waals surface area (Å²) in [6.45, 7) is 4.57. The van der Waals surface area contributed by atoms with Gasteiger partial charge in [0.25, 0.3) is 5.91 Å². The monoisotopic (exact) mass is 275 g/mol. The van der Waals surface area contributed by atoms with E-state index in [4.69, 9.17) is 0 Å². The van der Waals surface area contributed by atoms with Crippen molar-refractivity contribution in [3.63, 3.8) is 0 Å². The van der Waals surface area contributed by atoms with E-state index in [-0.39, 0.29) is 17.7 Å². The van der Waals surface area contributed by atoms with E-state index in [1.165, 1.54) is 11.3 Å². The molecule has 0 saturated heterocycles. The van der Waals surface area contributed by atoms with Gasteiger partial charge in [-0.15, -0.1) is 11.3 Å². The van der Waals surface area contributed by atoms with Gasteiger partial charge in [-0.05, 0) is 43.0 Å². The molecule has 0 saturated carbocycles. The van der Waals surface area contributed by atoms with E-state index < -0.39 is 0 Å². The Bertz CT molecular complexity index is 551. The van der Waals surface area contributed by atoms with E-state index in [1.54, 1.807) is 23.1 Å². The van der Waals surface area contributed by atoms with E-state index in [0.29, 0.717) is 6.54 Å². The number of carbonyl (C=O) groups excluding carboxylic acids is 1. The topological polar surface area (TPSA) is 40.5 Å². The van der Waals surface area contributed by atoms with Crippen molar-refractivity contribution in [2.24, 2.45) is 0 Å². The third-order valence-corrected chi connectivity index (χ3v) is 4.01. The van der Waals surface area contributed by atoms with Gasteiger partial charge in [-0.25, -0.2) is 0 Å². The van der Waals surface area contributed by atoms with Crippen LogP contribution in [0.25, 0.3) is 0 Å². The number of phenols is 1. The molecule has 0 aliphatic heterocycles. The molecular formula is C15H17NO2S. The van der Waals surface area contributed by atoms with Crippen LogP contribution < -0.4 is 0 Å². The predicted molar refractivity (Wildman–Crippen MR) is 77.6 cm³/mol. The van der Waals surface area contributed by atoms with Gasteiger partial charge < -0.3 is 10.0 Å². The zero-order chi connectivity index (χ0) is 13.8. The molecule has 1 amide bonds. The first-order valence-electron chi connectivity index (χ1n) is 6.27. The summed E-state index contributed by atoms with van der Waals surface area (Å²) in [6, 6.07) is 10.7. The first-order valence-corrected chi connectivity index (χ1v) is 7.15. The van der Waals surface area contributed by atoms with Crippen LogP contribution in [0.4, 0.5) is 0 Å². The molecule has 0 bridgehead atoms. The second kappa shape index (κ2) is 5.89. The largest absolute Gasteiger partial charge is 0.508 e. The molecule has 0 spiro atoms. The van der Waals surface area contributed by atoms with Crippen LogP contribution in [0.15, 0.2) is 41.8 Å². The van der Waals surface area contributed by atoms with Crippen LogP contribution >= 0.6 is 11.3 Å². The molecule has 0 aliphatic rings. The highest BCUT2D eigenvalue weighted by atomic mass is 32.1. The molecule has 0 aliphatic carbocycles. The van der Waals surface area contributed by atoms with Gasteiger partial charge in [-0.1, -0.05) is 18.2 Å². The van der Waals surface area contributed by atoms with Crippen molar-refractivity contribution < 1.29 is 9.90 Å². The van der Waals surface area contributed by atoms with Crippen LogP contribution in [0, 0.1) is 0 Å². The summed E-state index contributed by atoms with van der Waals surface area (Å²) in [5.74, 6) is 0.261. The minimum absolute atomic E-state index is 0.0355. The van der Waals surface area contributed by atoms with E-state index >= 15 is 0 Å². The molecule has 2 rings (SSSR count). The Morgan fingerprint density at radius 2 is 2.16 bits per heavy atom. The van der Waals surface area contributed by atoms with Gasteiger partial charge in [0.1, 0.15) is 5.75 Å². The Balaban J connectivity index is 2.24. The zero-order valence-electron chi connectivity index (χ0n) is 11.0. The van der Waals surface area contributed by atoms with Gasteiger partial charge in [-0.3, -0.25) is 4.79 Å². The highest BCUT2D eigenvalue weighted by molar-refractivity contribution is 7.12. The van der Waals surface area contributed by atoms with E-state index in [2.05, 4.69) is 0 Å². The molecule has 3 nitrogen and oxygen atoms in total. The van der Waals surface area contributed by atoms with Crippen LogP contribution in [-0.2, 0) is 0 Å². The lowest BCUT2D eigenvalue weighted by molar-refractivity contribution is 0.0707. The molecule has 4 heteroatoms. The van der Waals surface area contributed by atoms with Gasteiger partial charge in [0.2, 0.25) is 0 Å². The SMILES string of the molecule is CCN(C(=O)c1cccs1)C(C)c1cccc(O)c1.